The average Bonchev–Trinajstić information content (AvgIpc) is 3.01. The molecular weight excluding hydrogens is 240 g/mol. The molecule has 0 atom stereocenters. The monoisotopic (exact) mass is 261 g/mol. The number of aliphatic hydroxyl groups excluding tert-OH is 1. The van der Waals surface area contributed by atoms with Crippen LogP contribution in [0.1, 0.15) is 20.3 Å². The summed E-state index contributed by atoms with van der Waals surface area (Å²) in [5.74, 6) is 0. The summed E-state index contributed by atoms with van der Waals surface area (Å²) in [6.45, 7) is 4.25. The molecule has 0 unspecified atom stereocenters. The van der Waals surface area contributed by atoms with Crippen molar-refractivity contribution in [2.75, 3.05) is 0 Å². The van der Waals surface area contributed by atoms with Gasteiger partial charge in [0, 0.05) is 0 Å². The van der Waals surface area contributed by atoms with E-state index in [4.69, 9.17) is 5.11 Å². The number of hydrogen-bond acceptors (Lipinski definition) is 1. The summed E-state index contributed by atoms with van der Waals surface area (Å²) in [7, 11) is 2.25. The van der Waals surface area contributed by atoms with Crippen LogP contribution in [0.3, 0.4) is 0 Å². The Kier molecular flexibility index (Phi) is 30.6. The van der Waals surface area contributed by atoms with Gasteiger partial charge in [0.1, 0.15) is 0 Å². The Bertz CT molecular complexity index is 162. The number of aliphatic hydroxyl groups is 1. The van der Waals surface area contributed by atoms with Crippen molar-refractivity contribution in [3.63, 3.8) is 0 Å². The van der Waals surface area contributed by atoms with E-state index >= 15 is 0 Å². The zero-order valence-corrected chi connectivity index (χ0v) is 11.1. The van der Waals surface area contributed by atoms with Crippen LogP contribution in [0.25, 0.3) is 0 Å². The van der Waals surface area contributed by atoms with Gasteiger partial charge in [0.2, 0.25) is 0 Å². The molecule has 0 saturated carbocycles. The minimum Gasteiger partial charge on any atom is -0.569 e. The number of rotatable bonds is 0. The van der Waals surface area contributed by atoms with Crippen molar-refractivity contribution in [2.24, 2.45) is 0 Å². The Morgan fingerprint density at radius 2 is 1.00 bits per heavy atom. The van der Waals surface area contributed by atoms with E-state index in [1.54, 1.807) is 0 Å². The molecule has 16 heavy (non-hydrogen) atoms. The maximum atomic E-state index is 6.75. The third-order valence-electron chi connectivity index (χ3n) is 1.11. The van der Waals surface area contributed by atoms with Gasteiger partial charge in [0.25, 0.3) is 0 Å². The van der Waals surface area contributed by atoms with E-state index in [9.17, 15) is 0 Å². The third kappa shape index (κ3) is 23.2. The van der Waals surface area contributed by atoms with Gasteiger partial charge >= 0.3 is 17.1 Å². The molecule has 0 heterocycles. The zero-order chi connectivity index (χ0) is 11.8. The van der Waals surface area contributed by atoms with Gasteiger partial charge in [-0.25, -0.2) is 31.4 Å². The second-order valence-corrected chi connectivity index (χ2v) is 2.63. The van der Waals surface area contributed by atoms with Gasteiger partial charge < -0.3 is 5.11 Å². The van der Waals surface area contributed by atoms with Crippen molar-refractivity contribution in [3.05, 3.63) is 67.8 Å². The van der Waals surface area contributed by atoms with E-state index in [1.807, 2.05) is 60.7 Å². The van der Waals surface area contributed by atoms with Gasteiger partial charge in [-0.05, 0) is 0 Å². The molecule has 1 N–H and O–H groups in total. The van der Waals surface area contributed by atoms with Crippen LogP contribution in [0, 0.1) is 7.11 Å². The van der Waals surface area contributed by atoms with Crippen molar-refractivity contribution in [1.82, 2.24) is 0 Å². The molecule has 0 aliphatic heterocycles. The fourth-order valence-corrected chi connectivity index (χ4v) is 0.642. The summed E-state index contributed by atoms with van der Waals surface area (Å²) in [6, 6.07) is 20.0. The van der Waals surface area contributed by atoms with Crippen LogP contribution < -0.4 is 0 Å². The summed E-state index contributed by atoms with van der Waals surface area (Å²) in [6.07, 6.45) is 1.25. The molecule has 0 spiro atoms. The topological polar surface area (TPSA) is 20.2 Å². The van der Waals surface area contributed by atoms with Crippen molar-refractivity contribution in [2.45, 2.75) is 20.3 Å². The van der Waals surface area contributed by atoms with Gasteiger partial charge in [0.15, 0.2) is 0 Å². The smallest absolute Gasteiger partial charge is 0.569 e. The Morgan fingerprint density at radius 3 is 1.06 bits per heavy atom. The third-order valence-corrected chi connectivity index (χ3v) is 1.11. The predicted molar refractivity (Wildman–Crippen MR) is 67.3 cm³/mol. The maximum Gasteiger partial charge on any atom is 3.00 e. The second kappa shape index (κ2) is 23.8. The van der Waals surface area contributed by atoms with Crippen molar-refractivity contribution in [3.8, 4) is 0 Å². The van der Waals surface area contributed by atoms with Crippen LogP contribution >= 0.6 is 0 Å². The van der Waals surface area contributed by atoms with Crippen molar-refractivity contribution >= 4 is 0 Å². The first-order valence-electron chi connectivity index (χ1n) is 5.06. The summed E-state index contributed by atoms with van der Waals surface area (Å²) in [5, 5.41) is 6.75. The summed E-state index contributed by atoms with van der Waals surface area (Å²) in [5.41, 5.74) is 0. The molecule has 0 aliphatic rings. The first kappa shape index (κ1) is 20.6. The Morgan fingerprint density at radius 1 is 0.812 bits per heavy atom. The molecule has 2 heteroatoms. The SMILES string of the molecule is CCC.[CH2-]O.[Fe+3].c1cc[cH-]c1.c1cc[cH-]c1. The van der Waals surface area contributed by atoms with E-state index in [-0.39, 0.29) is 17.1 Å². The first-order chi connectivity index (χ1) is 7.41. The molecule has 1 nitrogen and oxygen atoms in total. The van der Waals surface area contributed by atoms with Crippen LogP contribution in [-0.2, 0) is 17.1 Å². The van der Waals surface area contributed by atoms with Crippen molar-refractivity contribution < 1.29 is 22.2 Å². The second-order valence-electron chi connectivity index (χ2n) is 2.63. The standard InChI is InChI=1S/2C5H5.C3H8.CH3O.Fe/c2*1-2-4-5-3-1;1-3-2;1-2;/h2*1-5H;3H2,1-2H3;2H,1H2;/q2*-1;;-1;+3. The maximum absolute atomic E-state index is 6.75. The van der Waals surface area contributed by atoms with Crippen LogP contribution in [0.15, 0.2) is 60.7 Å². The Balaban J connectivity index is -0.000000147. The van der Waals surface area contributed by atoms with Crippen LogP contribution in [0.2, 0.25) is 0 Å². The molecule has 2 aromatic carbocycles. The van der Waals surface area contributed by atoms with Crippen LogP contribution in [-0.4, -0.2) is 5.11 Å². The summed E-state index contributed by atoms with van der Waals surface area (Å²) in [4.78, 5) is 0. The molecule has 0 bridgehead atoms. The van der Waals surface area contributed by atoms with E-state index < -0.39 is 0 Å². The molecule has 1 radical (unpaired) electrons. The van der Waals surface area contributed by atoms with Crippen LogP contribution in [0.5, 0.6) is 0 Å². The average molecular weight is 261 g/mol. The van der Waals surface area contributed by atoms with Gasteiger partial charge in [-0.3, -0.25) is 0 Å². The summed E-state index contributed by atoms with van der Waals surface area (Å²) < 4.78 is 0. The molecule has 0 aliphatic carbocycles. The Hall–Kier alpha value is -0.821. The predicted octanol–water partition coefficient (Wildman–Crippen LogP) is 4.38. The first-order valence-corrected chi connectivity index (χ1v) is 5.06. The fourth-order valence-electron chi connectivity index (χ4n) is 0.642. The molecule has 91 valence electrons. The molecule has 2 rings (SSSR count). The molecular formula is C14H21FeO. The molecule has 0 amide bonds. The fraction of sp³-hybridized carbons (Fsp3) is 0.214. The molecule has 0 saturated heterocycles. The number of hydrogen-bond donors (Lipinski definition) is 1. The van der Waals surface area contributed by atoms with E-state index in [0.29, 0.717) is 0 Å². The molecule has 2 aromatic rings. The normalized spacial score (nSPS) is 6.50. The quantitative estimate of drug-likeness (QED) is 0.551. The Labute approximate surface area is 110 Å². The van der Waals surface area contributed by atoms with Gasteiger partial charge in [-0.2, -0.15) is 36.4 Å². The largest absolute Gasteiger partial charge is 3.00 e. The van der Waals surface area contributed by atoms with Gasteiger partial charge in [-0.15, -0.1) is 0 Å². The van der Waals surface area contributed by atoms with Crippen LogP contribution in [0.4, 0.5) is 0 Å². The zero-order valence-electron chi connectivity index (χ0n) is 9.99. The minimum absolute atomic E-state index is 0. The minimum atomic E-state index is 0. The van der Waals surface area contributed by atoms with Crippen molar-refractivity contribution in [1.29, 1.82) is 0 Å². The van der Waals surface area contributed by atoms with E-state index in [2.05, 4.69) is 21.0 Å². The van der Waals surface area contributed by atoms with Gasteiger partial charge in [-0.1, -0.05) is 20.3 Å². The molecule has 0 aromatic heterocycles. The summed E-state index contributed by atoms with van der Waals surface area (Å²) >= 11 is 0. The van der Waals surface area contributed by atoms with E-state index in [0.717, 1.165) is 0 Å². The van der Waals surface area contributed by atoms with Gasteiger partial charge in [0.05, 0.1) is 0 Å². The molecule has 0 fully saturated rings. The van der Waals surface area contributed by atoms with E-state index in [1.165, 1.54) is 6.42 Å².